The number of hydrogen-bond acceptors (Lipinski definition) is 10. The van der Waals surface area contributed by atoms with Gasteiger partial charge in [-0.1, -0.05) is 39.8 Å². The summed E-state index contributed by atoms with van der Waals surface area (Å²) in [4.78, 5) is 102. The SMILES string of the molecule is CSCC(CS)C(=O)c1ccc(C(=O)NCC(=O)NC(CCC(=O)NC(C(=O)NC(C)C(=O)C(C)C)C(C)C)C(=O)NCC(=O)[N+](C)(C)C)cc1. The number of Topliss-reactive ketones (excluding diaryl/α,β-unsaturated/α-hetero) is 2. The molecule has 1 aromatic carbocycles. The zero-order valence-electron chi connectivity index (χ0n) is 31.1. The summed E-state index contributed by atoms with van der Waals surface area (Å²) in [6.45, 7) is 7.64. The van der Waals surface area contributed by atoms with E-state index in [1.165, 1.54) is 24.3 Å². The molecule has 284 valence electrons. The molecule has 0 heterocycles. The van der Waals surface area contributed by atoms with Gasteiger partial charge >= 0.3 is 5.91 Å². The average molecular weight is 752 g/mol. The topological polar surface area (TPSA) is 197 Å². The fraction of sp³-hybridized carbons (Fsp3) is 0.600. The highest BCUT2D eigenvalue weighted by Gasteiger charge is 2.30. The van der Waals surface area contributed by atoms with Crippen LogP contribution in [0.15, 0.2) is 24.3 Å². The molecular weight excluding hydrogens is 697 g/mol. The minimum atomic E-state index is -1.26. The van der Waals surface area contributed by atoms with Gasteiger partial charge in [0.15, 0.2) is 11.6 Å². The number of carbonyl (C=O) groups excluding carboxylic acids is 8. The number of thiol groups is 1. The summed E-state index contributed by atoms with van der Waals surface area (Å²) in [6, 6.07) is 3.04. The molecular formula is C35H55N6O8S2+. The van der Waals surface area contributed by atoms with Gasteiger partial charge in [0.25, 0.3) is 5.91 Å². The maximum Gasteiger partial charge on any atom is 0.332 e. The molecule has 0 aliphatic heterocycles. The van der Waals surface area contributed by atoms with Crippen molar-refractivity contribution in [3.05, 3.63) is 35.4 Å². The zero-order chi connectivity index (χ0) is 39.1. The molecule has 0 fully saturated rings. The number of carbonyl (C=O) groups is 8. The van der Waals surface area contributed by atoms with E-state index in [2.05, 4.69) is 39.2 Å². The molecule has 0 bridgehead atoms. The van der Waals surface area contributed by atoms with Gasteiger partial charge in [-0.25, -0.2) is 4.79 Å². The number of hydrogen-bond donors (Lipinski definition) is 6. The monoisotopic (exact) mass is 751 g/mol. The van der Waals surface area contributed by atoms with E-state index in [4.69, 9.17) is 0 Å². The fourth-order valence-electron chi connectivity index (χ4n) is 4.66. The van der Waals surface area contributed by atoms with E-state index in [9.17, 15) is 38.4 Å². The number of ketones is 2. The molecule has 5 N–H and O–H groups in total. The fourth-order valence-corrected chi connectivity index (χ4v) is 5.81. The van der Waals surface area contributed by atoms with Crippen LogP contribution in [0.5, 0.6) is 0 Å². The van der Waals surface area contributed by atoms with Gasteiger partial charge in [-0.3, -0.25) is 38.0 Å². The van der Waals surface area contributed by atoms with Crippen LogP contribution in [0, 0.1) is 17.8 Å². The normalized spacial score (nSPS) is 13.7. The third kappa shape index (κ3) is 15.6. The maximum absolute atomic E-state index is 13.1. The lowest BCUT2D eigenvalue weighted by Gasteiger charge is -2.25. The van der Waals surface area contributed by atoms with E-state index in [1.807, 2.05) is 6.26 Å². The van der Waals surface area contributed by atoms with Crippen molar-refractivity contribution in [1.82, 2.24) is 26.6 Å². The second kappa shape index (κ2) is 21.6. The van der Waals surface area contributed by atoms with E-state index in [1.54, 1.807) is 67.5 Å². The minimum absolute atomic E-state index is 0.0610. The molecule has 51 heavy (non-hydrogen) atoms. The number of rotatable bonds is 21. The van der Waals surface area contributed by atoms with Gasteiger partial charge in [0.05, 0.1) is 33.7 Å². The molecule has 0 saturated carbocycles. The first kappa shape index (κ1) is 45.3. The predicted molar refractivity (Wildman–Crippen MR) is 200 cm³/mol. The van der Waals surface area contributed by atoms with Crippen molar-refractivity contribution in [3.8, 4) is 0 Å². The van der Waals surface area contributed by atoms with Crippen LogP contribution >= 0.6 is 24.4 Å². The van der Waals surface area contributed by atoms with Crippen molar-refractivity contribution in [3.63, 3.8) is 0 Å². The Kier molecular flexibility index (Phi) is 19.1. The number of nitrogens with one attached hydrogen (secondary N) is 5. The summed E-state index contributed by atoms with van der Waals surface area (Å²) in [7, 11) is 4.91. The number of amides is 6. The van der Waals surface area contributed by atoms with Crippen LogP contribution < -0.4 is 26.6 Å². The number of likely N-dealkylation sites (N-methyl/N-ethyl adjacent to an activating group) is 1. The van der Waals surface area contributed by atoms with Gasteiger partial charge in [0.2, 0.25) is 23.6 Å². The van der Waals surface area contributed by atoms with E-state index in [0.29, 0.717) is 17.1 Å². The summed E-state index contributed by atoms with van der Waals surface area (Å²) in [5.74, 6) is -3.57. The minimum Gasteiger partial charge on any atom is -0.345 e. The van der Waals surface area contributed by atoms with Gasteiger partial charge < -0.3 is 26.6 Å². The van der Waals surface area contributed by atoms with Crippen molar-refractivity contribution in [2.75, 3.05) is 52.0 Å². The lowest BCUT2D eigenvalue weighted by atomic mass is 9.99. The molecule has 0 aliphatic carbocycles. The first-order chi connectivity index (χ1) is 23.7. The average Bonchev–Trinajstić information content (AvgIpc) is 3.07. The predicted octanol–water partition coefficient (Wildman–Crippen LogP) is 0.993. The van der Waals surface area contributed by atoms with Gasteiger partial charge in [-0.2, -0.15) is 24.4 Å². The Morgan fingerprint density at radius 1 is 0.765 bits per heavy atom. The Balaban J connectivity index is 2.96. The van der Waals surface area contributed by atoms with E-state index < -0.39 is 54.2 Å². The van der Waals surface area contributed by atoms with Crippen molar-refractivity contribution >= 4 is 71.4 Å². The highest BCUT2D eigenvalue weighted by Crippen LogP contribution is 2.16. The van der Waals surface area contributed by atoms with E-state index >= 15 is 0 Å². The molecule has 0 radical (unpaired) electrons. The number of quaternary nitrogens is 1. The highest BCUT2D eigenvalue weighted by molar-refractivity contribution is 7.98. The van der Waals surface area contributed by atoms with Crippen LogP contribution in [-0.4, -0.2) is 122 Å². The molecule has 0 aromatic heterocycles. The number of nitrogens with zero attached hydrogens (tertiary/aromatic N) is 1. The van der Waals surface area contributed by atoms with Crippen LogP contribution in [0.4, 0.5) is 0 Å². The van der Waals surface area contributed by atoms with Gasteiger partial charge in [0, 0.05) is 40.9 Å². The Morgan fingerprint density at radius 3 is 1.86 bits per heavy atom. The lowest BCUT2D eigenvalue weighted by Crippen LogP contribution is -2.54. The molecule has 0 aliphatic rings. The largest absolute Gasteiger partial charge is 0.345 e. The van der Waals surface area contributed by atoms with Gasteiger partial charge in [-0.05, 0) is 37.7 Å². The second-order valence-corrected chi connectivity index (χ2v) is 15.1. The quantitative estimate of drug-likeness (QED) is 0.0603. The lowest BCUT2D eigenvalue weighted by molar-refractivity contribution is -0.791. The summed E-state index contributed by atoms with van der Waals surface area (Å²) in [6.07, 6.45) is 1.43. The molecule has 0 saturated heterocycles. The Bertz CT molecular complexity index is 1410. The maximum atomic E-state index is 13.1. The smallest absolute Gasteiger partial charge is 0.332 e. The summed E-state index contributed by atoms with van der Waals surface area (Å²) < 4.78 is -0.0610. The summed E-state index contributed by atoms with van der Waals surface area (Å²) >= 11 is 5.80. The summed E-state index contributed by atoms with van der Waals surface area (Å²) in [5.41, 5.74) is 0.651. The highest BCUT2D eigenvalue weighted by atomic mass is 32.2. The molecule has 4 atom stereocenters. The van der Waals surface area contributed by atoms with Crippen LogP contribution in [-0.2, 0) is 28.8 Å². The third-order valence-corrected chi connectivity index (χ3v) is 9.07. The van der Waals surface area contributed by atoms with Crippen LogP contribution in [0.2, 0.25) is 0 Å². The molecule has 14 nitrogen and oxygen atoms in total. The first-order valence-corrected chi connectivity index (χ1v) is 18.8. The summed E-state index contributed by atoms with van der Waals surface area (Å²) in [5, 5.41) is 12.8. The molecule has 0 spiro atoms. The number of thioether (sulfide) groups is 1. The van der Waals surface area contributed by atoms with Crippen molar-refractivity contribution in [2.24, 2.45) is 17.8 Å². The van der Waals surface area contributed by atoms with E-state index in [-0.39, 0.29) is 64.7 Å². The second-order valence-electron chi connectivity index (χ2n) is 13.8. The van der Waals surface area contributed by atoms with Crippen molar-refractivity contribution < 1.29 is 42.8 Å². The number of benzene rings is 1. The van der Waals surface area contributed by atoms with Crippen molar-refractivity contribution in [2.45, 2.75) is 65.6 Å². The Labute approximate surface area is 310 Å². The van der Waals surface area contributed by atoms with Crippen LogP contribution in [0.25, 0.3) is 0 Å². The third-order valence-electron chi connectivity index (χ3n) is 7.89. The Hall–Kier alpha value is -3.76. The van der Waals surface area contributed by atoms with Gasteiger partial charge in [-0.15, -0.1) is 0 Å². The standard InChI is InChI=1S/C35H54N6O8S2/c1-20(2)30(35(49)38-22(5)31(45)21(3)4)40-27(42)15-14-26(34(48)37-17-29(44)41(6,7)8)39-28(43)16-36-33(47)24-12-10-23(11-13-24)32(46)25(18-50)19-51-9/h10-13,20-22,25-26,30H,14-19H2,1-9H3,(H5-,36,37,38,39,40,42,43,47,48,49,50)/p+1. The molecule has 4 unspecified atom stereocenters. The van der Waals surface area contributed by atoms with Gasteiger partial charge in [0.1, 0.15) is 18.6 Å². The van der Waals surface area contributed by atoms with Crippen molar-refractivity contribution in [1.29, 1.82) is 0 Å². The first-order valence-electron chi connectivity index (χ1n) is 16.8. The zero-order valence-corrected chi connectivity index (χ0v) is 32.8. The van der Waals surface area contributed by atoms with Crippen LogP contribution in [0.3, 0.4) is 0 Å². The van der Waals surface area contributed by atoms with E-state index in [0.717, 1.165) is 0 Å². The van der Waals surface area contributed by atoms with Crippen LogP contribution in [0.1, 0.15) is 68.2 Å². The Morgan fingerprint density at radius 2 is 1.35 bits per heavy atom. The molecule has 1 rings (SSSR count). The molecule has 6 amide bonds. The molecule has 16 heteroatoms. The molecule has 1 aromatic rings.